The molecule has 0 bridgehead atoms. The summed E-state index contributed by atoms with van der Waals surface area (Å²) in [6.45, 7) is 6.79. The van der Waals surface area contributed by atoms with E-state index in [0.717, 1.165) is 39.4 Å². The summed E-state index contributed by atoms with van der Waals surface area (Å²) in [5.74, 6) is 1.02. The van der Waals surface area contributed by atoms with Gasteiger partial charge in [0.2, 0.25) is 5.91 Å². The van der Waals surface area contributed by atoms with Gasteiger partial charge in [-0.15, -0.1) is 10.2 Å². The van der Waals surface area contributed by atoms with Crippen LogP contribution >= 0.6 is 0 Å². The van der Waals surface area contributed by atoms with E-state index in [0.29, 0.717) is 11.6 Å². The van der Waals surface area contributed by atoms with Crippen molar-refractivity contribution >= 4 is 17.5 Å². The average molecular weight is 265 g/mol. The molecule has 104 valence electrons. The lowest BCUT2D eigenvalue weighted by atomic mass is 10.4. The van der Waals surface area contributed by atoms with Crippen molar-refractivity contribution in [2.75, 3.05) is 50.0 Å². The SMILES string of the molecule is CC(=O)Nc1ccc(NCCN2CCOCC2)nn1. The summed E-state index contributed by atoms with van der Waals surface area (Å²) in [5, 5.41) is 13.7. The highest BCUT2D eigenvalue weighted by Gasteiger charge is 2.09. The summed E-state index contributed by atoms with van der Waals surface area (Å²) in [6.07, 6.45) is 0. The molecule has 0 saturated carbocycles. The Hall–Kier alpha value is -1.73. The predicted molar refractivity (Wildman–Crippen MR) is 72.1 cm³/mol. The number of carbonyl (C=O) groups excluding carboxylic acids is 1. The van der Waals surface area contributed by atoms with Crippen molar-refractivity contribution in [3.63, 3.8) is 0 Å². The Morgan fingerprint density at radius 1 is 1.32 bits per heavy atom. The van der Waals surface area contributed by atoms with Crippen LogP contribution in [0.5, 0.6) is 0 Å². The third-order valence-electron chi connectivity index (χ3n) is 2.81. The van der Waals surface area contributed by atoms with Crippen molar-refractivity contribution in [3.8, 4) is 0 Å². The van der Waals surface area contributed by atoms with E-state index in [2.05, 4.69) is 25.7 Å². The van der Waals surface area contributed by atoms with E-state index < -0.39 is 0 Å². The lowest BCUT2D eigenvalue weighted by molar-refractivity contribution is -0.114. The molecule has 2 heterocycles. The summed E-state index contributed by atoms with van der Waals surface area (Å²) in [4.78, 5) is 13.2. The summed E-state index contributed by atoms with van der Waals surface area (Å²) in [5.41, 5.74) is 0. The molecule has 0 atom stereocenters. The number of carbonyl (C=O) groups is 1. The van der Waals surface area contributed by atoms with Gasteiger partial charge in [0.05, 0.1) is 13.2 Å². The van der Waals surface area contributed by atoms with Gasteiger partial charge in [0.15, 0.2) is 5.82 Å². The highest BCUT2D eigenvalue weighted by Crippen LogP contribution is 2.05. The third kappa shape index (κ3) is 4.80. The maximum atomic E-state index is 10.8. The Bertz CT molecular complexity index is 403. The molecule has 1 aliphatic heterocycles. The Labute approximate surface area is 112 Å². The first-order chi connectivity index (χ1) is 9.24. The number of morpholine rings is 1. The van der Waals surface area contributed by atoms with E-state index in [1.54, 1.807) is 12.1 Å². The van der Waals surface area contributed by atoms with Crippen LogP contribution < -0.4 is 10.6 Å². The van der Waals surface area contributed by atoms with Gasteiger partial charge in [-0.25, -0.2) is 0 Å². The van der Waals surface area contributed by atoms with E-state index in [1.165, 1.54) is 6.92 Å². The molecule has 1 aromatic rings. The molecule has 0 radical (unpaired) electrons. The number of hydrogen-bond donors (Lipinski definition) is 2. The summed E-state index contributed by atoms with van der Waals surface area (Å²) >= 11 is 0. The van der Waals surface area contributed by atoms with Gasteiger partial charge in [-0.05, 0) is 12.1 Å². The van der Waals surface area contributed by atoms with Crippen LogP contribution in [0, 0.1) is 0 Å². The van der Waals surface area contributed by atoms with Gasteiger partial charge in [-0.2, -0.15) is 0 Å². The number of hydrogen-bond acceptors (Lipinski definition) is 6. The molecule has 1 fully saturated rings. The molecule has 7 nitrogen and oxygen atoms in total. The molecule has 1 saturated heterocycles. The molecule has 0 aliphatic carbocycles. The van der Waals surface area contributed by atoms with Crippen molar-refractivity contribution < 1.29 is 9.53 Å². The topological polar surface area (TPSA) is 79.4 Å². The highest BCUT2D eigenvalue weighted by atomic mass is 16.5. The molecule has 2 N–H and O–H groups in total. The van der Waals surface area contributed by atoms with Gasteiger partial charge in [-0.3, -0.25) is 9.69 Å². The van der Waals surface area contributed by atoms with E-state index in [4.69, 9.17) is 4.74 Å². The fourth-order valence-electron chi connectivity index (χ4n) is 1.84. The fraction of sp³-hybridized carbons (Fsp3) is 0.583. The molecule has 0 aromatic carbocycles. The van der Waals surface area contributed by atoms with Crippen LogP contribution in [0.15, 0.2) is 12.1 Å². The minimum atomic E-state index is -0.151. The summed E-state index contributed by atoms with van der Waals surface area (Å²) < 4.78 is 5.29. The highest BCUT2D eigenvalue weighted by molar-refractivity contribution is 5.87. The van der Waals surface area contributed by atoms with E-state index in [-0.39, 0.29) is 5.91 Å². The van der Waals surface area contributed by atoms with Gasteiger partial charge in [0.25, 0.3) is 0 Å². The maximum Gasteiger partial charge on any atom is 0.222 e. The second-order valence-corrected chi connectivity index (χ2v) is 4.37. The number of nitrogens with zero attached hydrogens (tertiary/aromatic N) is 3. The molecular formula is C12H19N5O2. The van der Waals surface area contributed by atoms with Crippen LogP contribution in [-0.4, -0.2) is 60.4 Å². The third-order valence-corrected chi connectivity index (χ3v) is 2.81. The Morgan fingerprint density at radius 3 is 2.63 bits per heavy atom. The Kier molecular flexibility index (Phi) is 5.05. The quantitative estimate of drug-likeness (QED) is 0.790. The van der Waals surface area contributed by atoms with Crippen LogP contribution in [0.1, 0.15) is 6.92 Å². The lowest BCUT2D eigenvalue weighted by Crippen LogP contribution is -2.39. The number of nitrogens with one attached hydrogen (secondary N) is 2. The Morgan fingerprint density at radius 2 is 2.00 bits per heavy atom. The van der Waals surface area contributed by atoms with Crippen LogP contribution in [-0.2, 0) is 9.53 Å². The second-order valence-electron chi connectivity index (χ2n) is 4.37. The fourth-order valence-corrected chi connectivity index (χ4v) is 1.84. The molecule has 0 unspecified atom stereocenters. The Balaban J connectivity index is 1.71. The van der Waals surface area contributed by atoms with Crippen LogP contribution in [0.2, 0.25) is 0 Å². The standard InChI is InChI=1S/C12H19N5O2/c1-10(18)14-12-3-2-11(15-16-12)13-4-5-17-6-8-19-9-7-17/h2-3H,4-9H2,1H3,(H,13,15)(H,14,16,18). The van der Waals surface area contributed by atoms with Gasteiger partial charge in [0.1, 0.15) is 5.82 Å². The molecule has 0 spiro atoms. The van der Waals surface area contributed by atoms with Crippen molar-refractivity contribution in [3.05, 3.63) is 12.1 Å². The minimum absolute atomic E-state index is 0.151. The normalized spacial score (nSPS) is 16.1. The molecule has 19 heavy (non-hydrogen) atoms. The smallest absolute Gasteiger partial charge is 0.222 e. The first-order valence-corrected chi connectivity index (χ1v) is 6.39. The molecule has 2 rings (SSSR count). The zero-order valence-electron chi connectivity index (χ0n) is 11.1. The molecule has 1 aliphatic rings. The van der Waals surface area contributed by atoms with Crippen LogP contribution in [0.4, 0.5) is 11.6 Å². The molecular weight excluding hydrogens is 246 g/mol. The summed E-state index contributed by atoms with van der Waals surface area (Å²) in [6, 6.07) is 3.53. The number of aromatic nitrogens is 2. The molecule has 1 aromatic heterocycles. The van der Waals surface area contributed by atoms with Crippen molar-refractivity contribution in [2.45, 2.75) is 6.92 Å². The van der Waals surface area contributed by atoms with E-state index >= 15 is 0 Å². The lowest BCUT2D eigenvalue weighted by Gasteiger charge is -2.26. The van der Waals surface area contributed by atoms with Crippen molar-refractivity contribution in [1.29, 1.82) is 0 Å². The zero-order valence-corrected chi connectivity index (χ0v) is 11.1. The number of anilines is 2. The number of ether oxygens (including phenoxy) is 1. The first kappa shape index (κ1) is 13.7. The monoisotopic (exact) mass is 265 g/mol. The predicted octanol–water partition coefficient (Wildman–Crippen LogP) is 0.179. The van der Waals surface area contributed by atoms with Crippen molar-refractivity contribution in [1.82, 2.24) is 15.1 Å². The molecule has 1 amide bonds. The van der Waals surface area contributed by atoms with E-state index in [1.807, 2.05) is 0 Å². The largest absolute Gasteiger partial charge is 0.379 e. The van der Waals surface area contributed by atoms with Gasteiger partial charge < -0.3 is 15.4 Å². The number of amides is 1. The van der Waals surface area contributed by atoms with Gasteiger partial charge in [0, 0.05) is 33.1 Å². The van der Waals surface area contributed by atoms with Gasteiger partial charge in [-0.1, -0.05) is 0 Å². The van der Waals surface area contributed by atoms with E-state index in [9.17, 15) is 4.79 Å². The molecule has 7 heteroatoms. The second kappa shape index (κ2) is 7.01. The van der Waals surface area contributed by atoms with Crippen LogP contribution in [0.3, 0.4) is 0 Å². The van der Waals surface area contributed by atoms with Crippen LogP contribution in [0.25, 0.3) is 0 Å². The van der Waals surface area contributed by atoms with Crippen molar-refractivity contribution in [2.24, 2.45) is 0 Å². The first-order valence-electron chi connectivity index (χ1n) is 6.39. The average Bonchev–Trinajstić information content (AvgIpc) is 2.41. The summed E-state index contributed by atoms with van der Waals surface area (Å²) in [7, 11) is 0. The van der Waals surface area contributed by atoms with Gasteiger partial charge >= 0.3 is 0 Å². The maximum absolute atomic E-state index is 10.8. The zero-order chi connectivity index (χ0) is 13.5. The number of rotatable bonds is 5. The minimum Gasteiger partial charge on any atom is -0.379 e.